The number of nitrogens with zero attached hydrogens (tertiary/aromatic N) is 2. The normalized spacial score (nSPS) is 26.6. The second kappa shape index (κ2) is 6.71. The zero-order valence-corrected chi connectivity index (χ0v) is 12.7. The van der Waals surface area contributed by atoms with E-state index in [1.54, 1.807) is 0 Å². The van der Waals surface area contributed by atoms with Crippen molar-refractivity contribution in [3.05, 3.63) is 0 Å². The minimum atomic E-state index is 0.258. The molecule has 2 aliphatic heterocycles. The fourth-order valence-corrected chi connectivity index (χ4v) is 3.28. The van der Waals surface area contributed by atoms with E-state index in [-0.39, 0.29) is 12.1 Å². The lowest BCUT2D eigenvalue weighted by Crippen LogP contribution is -2.42. The summed E-state index contributed by atoms with van der Waals surface area (Å²) in [6, 6.07) is 0. The SMILES string of the molecule is CC(C)CC1NCC(=O)N1CC(C)CN1CCCC1. The van der Waals surface area contributed by atoms with Crippen LogP contribution in [0, 0.1) is 11.8 Å². The van der Waals surface area contributed by atoms with Gasteiger partial charge < -0.3 is 9.80 Å². The van der Waals surface area contributed by atoms with Crippen molar-refractivity contribution < 1.29 is 4.79 Å². The van der Waals surface area contributed by atoms with E-state index < -0.39 is 0 Å². The Morgan fingerprint density at radius 3 is 2.53 bits per heavy atom. The maximum Gasteiger partial charge on any atom is 0.237 e. The molecule has 0 aromatic rings. The summed E-state index contributed by atoms with van der Waals surface area (Å²) in [6.45, 7) is 11.8. The van der Waals surface area contributed by atoms with Gasteiger partial charge in [-0.3, -0.25) is 10.1 Å². The van der Waals surface area contributed by atoms with Crippen molar-refractivity contribution in [1.82, 2.24) is 15.1 Å². The fourth-order valence-electron chi connectivity index (χ4n) is 3.28. The van der Waals surface area contributed by atoms with Crippen LogP contribution < -0.4 is 5.32 Å². The third-order valence-corrected chi connectivity index (χ3v) is 4.16. The molecular formula is C15H29N3O. The van der Waals surface area contributed by atoms with Crippen molar-refractivity contribution in [2.24, 2.45) is 11.8 Å². The standard InChI is InChI=1S/C15H29N3O/c1-12(2)8-14-16-9-15(19)18(14)11-13(3)10-17-6-4-5-7-17/h12-14,16H,4-11H2,1-3H3. The van der Waals surface area contributed by atoms with Gasteiger partial charge in [-0.1, -0.05) is 20.8 Å². The predicted molar refractivity (Wildman–Crippen MR) is 77.8 cm³/mol. The molecule has 1 amide bonds. The van der Waals surface area contributed by atoms with Crippen molar-refractivity contribution in [2.75, 3.05) is 32.7 Å². The second-order valence-electron chi connectivity index (χ2n) is 6.69. The van der Waals surface area contributed by atoms with Crippen LogP contribution in [-0.4, -0.2) is 54.6 Å². The Morgan fingerprint density at radius 2 is 1.89 bits per heavy atom. The van der Waals surface area contributed by atoms with Gasteiger partial charge in [0.1, 0.15) is 0 Å². The fraction of sp³-hybridized carbons (Fsp3) is 0.933. The first kappa shape index (κ1) is 14.8. The number of amides is 1. The number of nitrogens with one attached hydrogen (secondary N) is 1. The molecule has 0 spiro atoms. The number of carbonyl (C=O) groups is 1. The molecule has 4 nitrogen and oxygen atoms in total. The summed E-state index contributed by atoms with van der Waals surface area (Å²) in [5.74, 6) is 1.47. The van der Waals surface area contributed by atoms with E-state index in [1.165, 1.54) is 25.9 Å². The maximum absolute atomic E-state index is 12.0. The van der Waals surface area contributed by atoms with Crippen molar-refractivity contribution >= 4 is 5.91 Å². The lowest BCUT2D eigenvalue weighted by molar-refractivity contribution is -0.128. The van der Waals surface area contributed by atoms with E-state index in [0.29, 0.717) is 18.4 Å². The summed E-state index contributed by atoms with van der Waals surface area (Å²) >= 11 is 0. The van der Waals surface area contributed by atoms with Crippen LogP contribution >= 0.6 is 0 Å². The lowest BCUT2D eigenvalue weighted by atomic mass is 10.1. The van der Waals surface area contributed by atoms with Crippen LogP contribution in [0.25, 0.3) is 0 Å². The third-order valence-electron chi connectivity index (χ3n) is 4.16. The van der Waals surface area contributed by atoms with Gasteiger partial charge in [-0.15, -0.1) is 0 Å². The topological polar surface area (TPSA) is 35.6 Å². The van der Waals surface area contributed by atoms with E-state index in [0.717, 1.165) is 19.5 Å². The first-order valence-electron chi connectivity index (χ1n) is 7.81. The minimum Gasteiger partial charge on any atom is -0.326 e. The van der Waals surface area contributed by atoms with Crippen LogP contribution in [-0.2, 0) is 4.79 Å². The van der Waals surface area contributed by atoms with Gasteiger partial charge in [-0.2, -0.15) is 0 Å². The molecule has 19 heavy (non-hydrogen) atoms. The Hall–Kier alpha value is -0.610. The summed E-state index contributed by atoms with van der Waals surface area (Å²) < 4.78 is 0. The largest absolute Gasteiger partial charge is 0.326 e. The Labute approximate surface area is 117 Å². The summed E-state index contributed by atoms with van der Waals surface area (Å²) in [5.41, 5.74) is 0. The molecule has 4 heteroatoms. The van der Waals surface area contributed by atoms with Crippen molar-refractivity contribution in [3.63, 3.8) is 0 Å². The molecule has 2 heterocycles. The molecule has 2 aliphatic rings. The molecule has 2 saturated heterocycles. The van der Waals surface area contributed by atoms with Gasteiger partial charge in [-0.05, 0) is 44.2 Å². The van der Waals surface area contributed by atoms with Gasteiger partial charge in [0.15, 0.2) is 0 Å². The highest BCUT2D eigenvalue weighted by atomic mass is 16.2. The summed E-state index contributed by atoms with van der Waals surface area (Å²) in [6.07, 6.45) is 4.00. The minimum absolute atomic E-state index is 0.258. The summed E-state index contributed by atoms with van der Waals surface area (Å²) in [4.78, 5) is 16.6. The smallest absolute Gasteiger partial charge is 0.237 e. The Morgan fingerprint density at radius 1 is 1.21 bits per heavy atom. The molecule has 1 N–H and O–H groups in total. The average molecular weight is 267 g/mol. The molecular weight excluding hydrogens is 238 g/mol. The van der Waals surface area contributed by atoms with Crippen LogP contribution in [0.2, 0.25) is 0 Å². The number of hydrogen-bond acceptors (Lipinski definition) is 3. The third kappa shape index (κ3) is 4.18. The molecule has 2 atom stereocenters. The Bertz CT molecular complexity index is 300. The highest BCUT2D eigenvalue weighted by Crippen LogP contribution is 2.17. The number of likely N-dealkylation sites (tertiary alicyclic amines) is 1. The van der Waals surface area contributed by atoms with Crippen LogP contribution in [0.4, 0.5) is 0 Å². The van der Waals surface area contributed by atoms with E-state index in [1.807, 2.05) is 0 Å². The number of carbonyl (C=O) groups excluding carboxylic acids is 1. The molecule has 2 unspecified atom stereocenters. The van der Waals surface area contributed by atoms with Crippen molar-refractivity contribution in [2.45, 2.75) is 46.2 Å². The van der Waals surface area contributed by atoms with E-state index in [9.17, 15) is 4.79 Å². The van der Waals surface area contributed by atoms with Gasteiger partial charge in [0.25, 0.3) is 0 Å². The first-order valence-corrected chi connectivity index (χ1v) is 7.81. The molecule has 0 aliphatic carbocycles. The molecule has 0 aromatic carbocycles. The molecule has 0 bridgehead atoms. The Balaban J connectivity index is 1.82. The van der Waals surface area contributed by atoms with Gasteiger partial charge in [0, 0.05) is 13.1 Å². The molecule has 0 aromatic heterocycles. The highest BCUT2D eigenvalue weighted by molar-refractivity contribution is 5.80. The summed E-state index contributed by atoms with van der Waals surface area (Å²) in [5, 5.41) is 3.35. The van der Waals surface area contributed by atoms with Crippen LogP contribution in [0.3, 0.4) is 0 Å². The predicted octanol–water partition coefficient (Wildman–Crippen LogP) is 1.52. The average Bonchev–Trinajstić information content (AvgIpc) is 2.93. The monoisotopic (exact) mass is 267 g/mol. The van der Waals surface area contributed by atoms with Gasteiger partial charge in [0.05, 0.1) is 12.7 Å². The van der Waals surface area contributed by atoms with Gasteiger partial charge in [-0.25, -0.2) is 0 Å². The first-order chi connectivity index (χ1) is 9.06. The molecule has 110 valence electrons. The quantitative estimate of drug-likeness (QED) is 0.792. The highest BCUT2D eigenvalue weighted by Gasteiger charge is 2.31. The van der Waals surface area contributed by atoms with Crippen LogP contribution in [0.5, 0.6) is 0 Å². The van der Waals surface area contributed by atoms with Gasteiger partial charge in [0.2, 0.25) is 5.91 Å². The zero-order chi connectivity index (χ0) is 13.8. The molecule has 2 fully saturated rings. The summed E-state index contributed by atoms with van der Waals surface area (Å²) in [7, 11) is 0. The van der Waals surface area contributed by atoms with Crippen LogP contribution in [0.15, 0.2) is 0 Å². The molecule has 0 saturated carbocycles. The van der Waals surface area contributed by atoms with Crippen molar-refractivity contribution in [1.29, 1.82) is 0 Å². The lowest BCUT2D eigenvalue weighted by Gasteiger charge is -2.30. The van der Waals surface area contributed by atoms with Crippen LogP contribution in [0.1, 0.15) is 40.0 Å². The van der Waals surface area contributed by atoms with E-state index >= 15 is 0 Å². The number of hydrogen-bond donors (Lipinski definition) is 1. The van der Waals surface area contributed by atoms with Gasteiger partial charge >= 0.3 is 0 Å². The maximum atomic E-state index is 12.0. The zero-order valence-electron chi connectivity index (χ0n) is 12.7. The second-order valence-corrected chi connectivity index (χ2v) is 6.69. The molecule has 2 rings (SSSR count). The number of rotatable bonds is 6. The van der Waals surface area contributed by atoms with E-state index in [4.69, 9.17) is 0 Å². The van der Waals surface area contributed by atoms with Crippen molar-refractivity contribution in [3.8, 4) is 0 Å². The molecule has 0 radical (unpaired) electrons. The van der Waals surface area contributed by atoms with E-state index in [2.05, 4.69) is 35.9 Å². The Kier molecular flexibility index (Phi) is 5.22.